The van der Waals surface area contributed by atoms with Crippen molar-refractivity contribution in [3.8, 4) is 0 Å². The van der Waals surface area contributed by atoms with Gasteiger partial charge in [-0.25, -0.2) is 0 Å². The number of hydrazine groups is 1. The van der Waals surface area contributed by atoms with E-state index >= 15 is 0 Å². The number of nitrogens with two attached hydrogens (primary N) is 1. The highest BCUT2D eigenvalue weighted by Crippen LogP contribution is 2.34. The molecule has 0 bridgehead atoms. The Morgan fingerprint density at radius 2 is 1.76 bits per heavy atom. The standard InChI is InChI=1S/C14H31N3/c1-5-14(6-2,17(3)4)13(16-15)11-12-9-7-8-10-12/h12-13,16H,5-11,15H2,1-4H3. The van der Waals surface area contributed by atoms with Crippen LogP contribution in [-0.2, 0) is 0 Å². The Morgan fingerprint density at radius 1 is 1.24 bits per heavy atom. The molecule has 0 saturated heterocycles. The summed E-state index contributed by atoms with van der Waals surface area (Å²) >= 11 is 0. The molecule has 0 spiro atoms. The lowest BCUT2D eigenvalue weighted by Crippen LogP contribution is -2.60. The zero-order valence-electron chi connectivity index (χ0n) is 12.1. The quantitative estimate of drug-likeness (QED) is 0.531. The van der Waals surface area contributed by atoms with E-state index in [4.69, 9.17) is 5.84 Å². The number of nitrogens with zero attached hydrogens (tertiary/aromatic N) is 1. The van der Waals surface area contributed by atoms with Crippen molar-refractivity contribution in [2.45, 2.75) is 70.4 Å². The van der Waals surface area contributed by atoms with Crippen LogP contribution in [0.15, 0.2) is 0 Å². The second-order valence-electron chi connectivity index (χ2n) is 5.81. The van der Waals surface area contributed by atoms with Crippen LogP contribution in [0.25, 0.3) is 0 Å². The van der Waals surface area contributed by atoms with E-state index in [1.54, 1.807) is 0 Å². The summed E-state index contributed by atoms with van der Waals surface area (Å²) in [6, 6.07) is 0.413. The van der Waals surface area contributed by atoms with Crippen LogP contribution in [0.1, 0.15) is 58.8 Å². The van der Waals surface area contributed by atoms with Crippen LogP contribution in [-0.4, -0.2) is 30.6 Å². The van der Waals surface area contributed by atoms with Crippen molar-refractivity contribution in [1.82, 2.24) is 10.3 Å². The molecule has 1 rings (SSSR count). The van der Waals surface area contributed by atoms with Gasteiger partial charge in [0.05, 0.1) is 0 Å². The molecular weight excluding hydrogens is 210 g/mol. The highest BCUT2D eigenvalue weighted by atomic mass is 15.3. The molecule has 1 saturated carbocycles. The number of likely N-dealkylation sites (N-methyl/N-ethyl adjacent to an activating group) is 1. The SMILES string of the molecule is CCC(CC)(C(CC1CCCC1)NN)N(C)C. The van der Waals surface area contributed by atoms with E-state index in [1.165, 1.54) is 32.1 Å². The Morgan fingerprint density at radius 3 is 2.12 bits per heavy atom. The highest BCUT2D eigenvalue weighted by Gasteiger charge is 2.38. The Labute approximate surface area is 107 Å². The molecule has 1 aliphatic carbocycles. The molecule has 0 radical (unpaired) electrons. The molecule has 0 aliphatic heterocycles. The first-order chi connectivity index (χ1) is 8.10. The van der Waals surface area contributed by atoms with Gasteiger partial charge >= 0.3 is 0 Å². The molecule has 0 aromatic rings. The van der Waals surface area contributed by atoms with Gasteiger partial charge in [-0.2, -0.15) is 0 Å². The number of rotatable bonds is 7. The maximum Gasteiger partial charge on any atom is 0.0396 e. The van der Waals surface area contributed by atoms with E-state index < -0.39 is 0 Å². The van der Waals surface area contributed by atoms with E-state index in [0.717, 1.165) is 18.8 Å². The zero-order chi connectivity index (χ0) is 12.9. The predicted molar refractivity (Wildman–Crippen MR) is 74.7 cm³/mol. The molecular formula is C14H31N3. The van der Waals surface area contributed by atoms with Crippen LogP contribution < -0.4 is 11.3 Å². The Bertz CT molecular complexity index is 206. The van der Waals surface area contributed by atoms with Crippen molar-refractivity contribution in [2.75, 3.05) is 14.1 Å². The lowest BCUT2D eigenvalue weighted by molar-refractivity contribution is 0.0761. The first kappa shape index (κ1) is 14.9. The van der Waals surface area contributed by atoms with Crippen LogP contribution in [0.3, 0.4) is 0 Å². The van der Waals surface area contributed by atoms with Crippen LogP contribution in [0, 0.1) is 5.92 Å². The third-order valence-electron chi connectivity index (χ3n) is 5.01. The van der Waals surface area contributed by atoms with Crippen LogP contribution in [0.2, 0.25) is 0 Å². The van der Waals surface area contributed by atoms with Crippen molar-refractivity contribution in [3.05, 3.63) is 0 Å². The summed E-state index contributed by atoms with van der Waals surface area (Å²) < 4.78 is 0. The fourth-order valence-electron chi connectivity index (χ4n) is 3.71. The average Bonchev–Trinajstić information content (AvgIpc) is 2.82. The maximum absolute atomic E-state index is 5.85. The molecule has 0 aromatic carbocycles. The molecule has 1 fully saturated rings. The van der Waals surface area contributed by atoms with Crippen LogP contribution >= 0.6 is 0 Å². The van der Waals surface area contributed by atoms with Gasteiger partial charge < -0.3 is 4.90 Å². The molecule has 17 heavy (non-hydrogen) atoms. The van der Waals surface area contributed by atoms with Gasteiger partial charge in [0.1, 0.15) is 0 Å². The van der Waals surface area contributed by atoms with E-state index in [2.05, 4.69) is 38.3 Å². The van der Waals surface area contributed by atoms with Gasteiger partial charge in [0.25, 0.3) is 0 Å². The Kier molecular flexibility index (Phi) is 5.90. The number of nitrogens with one attached hydrogen (secondary N) is 1. The molecule has 1 unspecified atom stereocenters. The Balaban J connectivity index is 2.73. The summed E-state index contributed by atoms with van der Waals surface area (Å²) in [6.45, 7) is 4.56. The molecule has 1 aliphatic rings. The minimum Gasteiger partial charge on any atom is -0.302 e. The van der Waals surface area contributed by atoms with Gasteiger partial charge in [-0.15, -0.1) is 0 Å². The van der Waals surface area contributed by atoms with Crippen molar-refractivity contribution >= 4 is 0 Å². The molecule has 3 heteroatoms. The summed E-state index contributed by atoms with van der Waals surface area (Å²) in [5, 5.41) is 0. The minimum absolute atomic E-state index is 0.206. The molecule has 0 aromatic heterocycles. The topological polar surface area (TPSA) is 41.3 Å². The number of hydrogen-bond acceptors (Lipinski definition) is 3. The van der Waals surface area contributed by atoms with E-state index in [0.29, 0.717) is 6.04 Å². The van der Waals surface area contributed by atoms with Crippen molar-refractivity contribution in [2.24, 2.45) is 11.8 Å². The molecule has 0 heterocycles. The second-order valence-corrected chi connectivity index (χ2v) is 5.81. The van der Waals surface area contributed by atoms with Crippen molar-refractivity contribution in [1.29, 1.82) is 0 Å². The smallest absolute Gasteiger partial charge is 0.0396 e. The van der Waals surface area contributed by atoms with E-state index in [1.807, 2.05) is 0 Å². The summed E-state index contributed by atoms with van der Waals surface area (Å²) in [6.07, 6.45) is 9.15. The summed E-state index contributed by atoms with van der Waals surface area (Å²) in [7, 11) is 4.37. The zero-order valence-corrected chi connectivity index (χ0v) is 12.1. The normalized spacial score (nSPS) is 20.1. The van der Waals surface area contributed by atoms with E-state index in [9.17, 15) is 0 Å². The third kappa shape index (κ3) is 3.21. The van der Waals surface area contributed by atoms with Gasteiger partial charge in [0.15, 0.2) is 0 Å². The van der Waals surface area contributed by atoms with Crippen LogP contribution in [0.4, 0.5) is 0 Å². The number of hydrogen-bond donors (Lipinski definition) is 2. The van der Waals surface area contributed by atoms with Crippen molar-refractivity contribution in [3.63, 3.8) is 0 Å². The maximum atomic E-state index is 5.85. The minimum atomic E-state index is 0.206. The summed E-state index contributed by atoms with van der Waals surface area (Å²) in [4.78, 5) is 2.37. The van der Waals surface area contributed by atoms with Crippen molar-refractivity contribution < 1.29 is 0 Å². The molecule has 0 amide bonds. The molecule has 102 valence electrons. The summed E-state index contributed by atoms with van der Waals surface area (Å²) in [5.41, 5.74) is 3.32. The second kappa shape index (κ2) is 6.72. The van der Waals surface area contributed by atoms with E-state index in [-0.39, 0.29) is 5.54 Å². The van der Waals surface area contributed by atoms with Crippen LogP contribution in [0.5, 0.6) is 0 Å². The van der Waals surface area contributed by atoms with Gasteiger partial charge in [-0.3, -0.25) is 11.3 Å². The molecule has 3 nitrogen and oxygen atoms in total. The fraction of sp³-hybridized carbons (Fsp3) is 1.00. The molecule has 1 atom stereocenters. The largest absolute Gasteiger partial charge is 0.302 e. The lowest BCUT2D eigenvalue weighted by Gasteiger charge is -2.45. The van der Waals surface area contributed by atoms with Gasteiger partial charge in [0, 0.05) is 11.6 Å². The first-order valence-corrected chi connectivity index (χ1v) is 7.24. The third-order valence-corrected chi connectivity index (χ3v) is 5.01. The lowest BCUT2D eigenvalue weighted by atomic mass is 9.79. The van der Waals surface area contributed by atoms with Gasteiger partial charge in [-0.05, 0) is 39.3 Å². The average molecular weight is 241 g/mol. The van der Waals surface area contributed by atoms with Gasteiger partial charge in [-0.1, -0.05) is 39.5 Å². The Hall–Kier alpha value is -0.120. The first-order valence-electron chi connectivity index (χ1n) is 7.24. The van der Waals surface area contributed by atoms with Gasteiger partial charge in [0.2, 0.25) is 0 Å². The monoisotopic (exact) mass is 241 g/mol. The summed E-state index contributed by atoms with van der Waals surface area (Å²) in [5.74, 6) is 6.73. The predicted octanol–water partition coefficient (Wildman–Crippen LogP) is 2.52. The highest BCUT2D eigenvalue weighted by molar-refractivity contribution is 4.97. The fourth-order valence-corrected chi connectivity index (χ4v) is 3.71. The molecule has 3 N–H and O–H groups in total.